The van der Waals surface area contributed by atoms with Crippen molar-refractivity contribution >= 4 is 17.7 Å². The van der Waals surface area contributed by atoms with Crippen molar-refractivity contribution < 1.29 is 14.7 Å². The number of aryl methyl sites for hydroxylation is 1. The molecule has 0 aliphatic rings. The van der Waals surface area contributed by atoms with Gasteiger partial charge in [-0.3, -0.25) is 24.3 Å². The lowest BCUT2D eigenvalue weighted by molar-refractivity contribution is 0.1000. The monoisotopic (exact) mass is 366 g/mol. The average molecular weight is 366 g/mol. The Kier molecular flexibility index (Phi) is 5.41. The molecule has 0 radical (unpaired) electrons. The van der Waals surface area contributed by atoms with Crippen molar-refractivity contribution in [1.29, 1.82) is 0 Å². The van der Waals surface area contributed by atoms with Crippen LogP contribution in [0.15, 0.2) is 55.1 Å². The first-order valence-electron chi connectivity index (χ1n) is 8.25. The maximum atomic E-state index is 11.6. The minimum atomic E-state index is -1.06. The molecule has 138 valence electrons. The van der Waals surface area contributed by atoms with Gasteiger partial charge in [0, 0.05) is 37.2 Å². The number of hydrogen-bond acceptors (Lipinski definition) is 5. The molecule has 0 aromatic carbocycles. The first-order valence-corrected chi connectivity index (χ1v) is 8.25. The van der Waals surface area contributed by atoms with Crippen molar-refractivity contribution in [2.45, 2.75) is 13.0 Å². The Morgan fingerprint density at radius 2 is 2.00 bits per heavy atom. The van der Waals surface area contributed by atoms with Gasteiger partial charge in [-0.05, 0) is 36.8 Å². The second-order valence-corrected chi connectivity index (χ2v) is 5.75. The third-order valence-electron chi connectivity index (χ3n) is 3.93. The van der Waals surface area contributed by atoms with E-state index in [9.17, 15) is 14.7 Å². The summed E-state index contributed by atoms with van der Waals surface area (Å²) in [6, 6.07) is 8.20. The molecule has 0 bridgehead atoms. The minimum Gasteiger partial charge on any atom is -0.465 e. The van der Waals surface area contributed by atoms with Crippen LogP contribution in [0.4, 0.5) is 10.5 Å². The number of carbonyl (C=O) groups is 2. The number of primary amides is 1. The molecule has 0 unspecified atom stereocenters. The maximum Gasteiger partial charge on any atom is 0.411 e. The number of carboxylic acid groups (broad SMARTS) is 1. The highest BCUT2D eigenvalue weighted by molar-refractivity contribution is 5.93. The molecule has 3 aromatic heterocycles. The number of hydrogen-bond donors (Lipinski definition) is 2. The lowest BCUT2D eigenvalue weighted by Gasteiger charge is -2.19. The van der Waals surface area contributed by atoms with Crippen molar-refractivity contribution in [1.82, 2.24) is 19.7 Å². The van der Waals surface area contributed by atoms with Crippen LogP contribution in [0.25, 0.3) is 11.4 Å². The highest BCUT2D eigenvalue weighted by atomic mass is 16.4. The van der Waals surface area contributed by atoms with Gasteiger partial charge in [0.2, 0.25) is 5.91 Å². The second-order valence-electron chi connectivity index (χ2n) is 5.75. The number of anilines is 1. The third-order valence-corrected chi connectivity index (χ3v) is 3.93. The summed E-state index contributed by atoms with van der Waals surface area (Å²) in [5.41, 5.74) is 7.06. The number of rotatable bonds is 7. The summed E-state index contributed by atoms with van der Waals surface area (Å²) in [5, 5.41) is 13.6. The number of carbonyl (C=O) groups excluding carboxylic acids is 1. The SMILES string of the molecule is NC(=O)c1ccnc(-c2ccc(N(CCCn3cccn3)C(=O)O)cn2)c1. The molecular formula is C18H18N6O3. The molecule has 3 N–H and O–H groups in total. The van der Waals surface area contributed by atoms with E-state index in [0.717, 1.165) is 0 Å². The molecule has 0 saturated heterocycles. The van der Waals surface area contributed by atoms with E-state index in [0.29, 0.717) is 42.1 Å². The molecule has 0 aliphatic carbocycles. The van der Waals surface area contributed by atoms with Crippen LogP contribution < -0.4 is 10.6 Å². The predicted molar refractivity (Wildman–Crippen MR) is 98.2 cm³/mol. The van der Waals surface area contributed by atoms with E-state index in [1.807, 2.05) is 12.3 Å². The Morgan fingerprint density at radius 1 is 1.15 bits per heavy atom. The first-order chi connectivity index (χ1) is 13.0. The van der Waals surface area contributed by atoms with Gasteiger partial charge in [-0.1, -0.05) is 0 Å². The van der Waals surface area contributed by atoms with E-state index in [4.69, 9.17) is 5.73 Å². The quantitative estimate of drug-likeness (QED) is 0.658. The minimum absolute atomic E-state index is 0.311. The van der Waals surface area contributed by atoms with Crippen LogP contribution in [-0.4, -0.2) is 43.4 Å². The van der Waals surface area contributed by atoms with E-state index in [-0.39, 0.29) is 0 Å². The fourth-order valence-corrected chi connectivity index (χ4v) is 2.58. The molecule has 0 spiro atoms. The van der Waals surface area contributed by atoms with Gasteiger partial charge in [-0.2, -0.15) is 5.10 Å². The van der Waals surface area contributed by atoms with Crippen LogP contribution in [0.3, 0.4) is 0 Å². The summed E-state index contributed by atoms with van der Waals surface area (Å²) in [6.45, 7) is 0.928. The summed E-state index contributed by atoms with van der Waals surface area (Å²) in [6.07, 6.45) is 6.00. The normalized spacial score (nSPS) is 10.5. The Labute approximate surface area is 155 Å². The van der Waals surface area contributed by atoms with Crippen molar-refractivity contribution in [2.75, 3.05) is 11.4 Å². The highest BCUT2D eigenvalue weighted by Crippen LogP contribution is 2.20. The second kappa shape index (κ2) is 8.09. The highest BCUT2D eigenvalue weighted by Gasteiger charge is 2.15. The smallest absolute Gasteiger partial charge is 0.411 e. The van der Waals surface area contributed by atoms with Crippen LogP contribution in [-0.2, 0) is 6.54 Å². The Balaban J connectivity index is 1.72. The molecule has 0 fully saturated rings. The molecule has 0 aliphatic heterocycles. The van der Waals surface area contributed by atoms with E-state index in [2.05, 4.69) is 15.1 Å². The zero-order valence-corrected chi connectivity index (χ0v) is 14.4. The molecule has 27 heavy (non-hydrogen) atoms. The van der Waals surface area contributed by atoms with Gasteiger partial charge in [0.1, 0.15) is 0 Å². The van der Waals surface area contributed by atoms with Crippen LogP contribution in [0.1, 0.15) is 16.8 Å². The van der Waals surface area contributed by atoms with Gasteiger partial charge in [0.05, 0.1) is 23.3 Å². The van der Waals surface area contributed by atoms with Gasteiger partial charge >= 0.3 is 6.09 Å². The van der Waals surface area contributed by atoms with Crippen LogP contribution in [0.2, 0.25) is 0 Å². The lowest BCUT2D eigenvalue weighted by atomic mass is 10.1. The zero-order chi connectivity index (χ0) is 19.2. The van der Waals surface area contributed by atoms with Gasteiger partial charge in [0.25, 0.3) is 0 Å². The Hall–Kier alpha value is -3.75. The van der Waals surface area contributed by atoms with Crippen LogP contribution >= 0.6 is 0 Å². The standard InChI is InChI=1S/C18H18N6O3/c19-17(25)13-5-7-20-16(11-13)15-4-3-14(12-21-15)24(18(26)27)10-2-9-23-8-1-6-22-23/h1,3-8,11-12H,2,9-10H2,(H2,19,25)(H,26,27). The average Bonchev–Trinajstić information content (AvgIpc) is 3.19. The molecule has 9 nitrogen and oxygen atoms in total. The van der Waals surface area contributed by atoms with E-state index in [1.54, 1.807) is 29.1 Å². The van der Waals surface area contributed by atoms with Gasteiger partial charge in [-0.25, -0.2) is 4.79 Å². The topological polar surface area (TPSA) is 127 Å². The molecule has 2 amide bonds. The Bertz CT molecular complexity index is 925. The molecule has 0 atom stereocenters. The maximum absolute atomic E-state index is 11.6. The van der Waals surface area contributed by atoms with E-state index < -0.39 is 12.0 Å². The van der Waals surface area contributed by atoms with E-state index in [1.165, 1.54) is 23.4 Å². The molecular weight excluding hydrogens is 348 g/mol. The van der Waals surface area contributed by atoms with E-state index >= 15 is 0 Å². The summed E-state index contributed by atoms with van der Waals surface area (Å²) in [7, 11) is 0. The van der Waals surface area contributed by atoms with Gasteiger partial charge in [-0.15, -0.1) is 0 Å². The van der Waals surface area contributed by atoms with Crippen molar-refractivity contribution in [3.63, 3.8) is 0 Å². The molecule has 3 heterocycles. The molecule has 3 rings (SSSR count). The van der Waals surface area contributed by atoms with Crippen molar-refractivity contribution in [3.8, 4) is 11.4 Å². The largest absolute Gasteiger partial charge is 0.465 e. The zero-order valence-electron chi connectivity index (χ0n) is 14.4. The number of pyridine rings is 2. The number of aromatic nitrogens is 4. The van der Waals surface area contributed by atoms with Crippen molar-refractivity contribution in [2.24, 2.45) is 5.73 Å². The fourth-order valence-electron chi connectivity index (χ4n) is 2.58. The first kappa shape index (κ1) is 18.1. The lowest BCUT2D eigenvalue weighted by Crippen LogP contribution is -2.31. The molecule has 3 aromatic rings. The number of nitrogens with zero attached hydrogens (tertiary/aromatic N) is 5. The fraction of sp³-hybridized carbons (Fsp3) is 0.167. The summed E-state index contributed by atoms with van der Waals surface area (Å²) in [4.78, 5) is 32.5. The van der Waals surface area contributed by atoms with Crippen molar-refractivity contribution in [3.05, 3.63) is 60.7 Å². The van der Waals surface area contributed by atoms with Gasteiger partial charge < -0.3 is 10.8 Å². The summed E-state index contributed by atoms with van der Waals surface area (Å²) >= 11 is 0. The third kappa shape index (κ3) is 4.46. The van der Waals surface area contributed by atoms with Crippen LogP contribution in [0.5, 0.6) is 0 Å². The Morgan fingerprint density at radius 3 is 2.63 bits per heavy atom. The van der Waals surface area contributed by atoms with Crippen LogP contribution in [0, 0.1) is 0 Å². The summed E-state index contributed by atoms with van der Waals surface area (Å²) < 4.78 is 1.75. The molecule has 0 saturated carbocycles. The number of nitrogens with two attached hydrogens (primary N) is 1. The predicted octanol–water partition coefficient (Wildman–Crippen LogP) is 2.01. The molecule has 9 heteroatoms. The van der Waals surface area contributed by atoms with Gasteiger partial charge in [0.15, 0.2) is 0 Å². The number of amides is 2. The summed E-state index contributed by atoms with van der Waals surface area (Å²) in [5.74, 6) is -0.551.